The van der Waals surface area contributed by atoms with Gasteiger partial charge in [-0.3, -0.25) is 0 Å². The van der Waals surface area contributed by atoms with Crippen molar-refractivity contribution < 1.29 is 0 Å². The maximum Gasteiger partial charge on any atom is 0.0351 e. The number of nitrogens with zero attached hydrogens (tertiary/aromatic N) is 1. The number of halogens is 2. The van der Waals surface area contributed by atoms with Crippen molar-refractivity contribution in [1.29, 1.82) is 0 Å². The number of rotatable bonds is 7. The van der Waals surface area contributed by atoms with Crippen LogP contribution in [0.15, 0.2) is 60.7 Å². The standard InChI is InChI=1S/C20H24ClN.ClH/c1-2-22(14-13-21)15-18-19(16-9-5-3-6-10-16)20(18)17-11-7-4-8-12-17;/h3-12,18-20H,2,13-15H2,1H3;1H. The highest BCUT2D eigenvalue weighted by molar-refractivity contribution is 6.18. The van der Waals surface area contributed by atoms with Gasteiger partial charge >= 0.3 is 0 Å². The van der Waals surface area contributed by atoms with Crippen LogP contribution in [-0.2, 0) is 0 Å². The fraction of sp³-hybridized carbons (Fsp3) is 0.400. The van der Waals surface area contributed by atoms with Gasteiger partial charge in [-0.05, 0) is 35.4 Å². The zero-order valence-corrected chi connectivity index (χ0v) is 15.1. The van der Waals surface area contributed by atoms with E-state index in [9.17, 15) is 0 Å². The molecule has 2 atom stereocenters. The lowest BCUT2D eigenvalue weighted by molar-refractivity contribution is 0.289. The first kappa shape index (κ1) is 18.3. The molecule has 0 bridgehead atoms. The molecule has 0 aromatic heterocycles. The van der Waals surface area contributed by atoms with Gasteiger partial charge in [0.1, 0.15) is 0 Å². The molecular formula is C20H25Cl2N. The van der Waals surface area contributed by atoms with Crippen LogP contribution in [-0.4, -0.2) is 30.4 Å². The zero-order valence-electron chi connectivity index (χ0n) is 13.6. The van der Waals surface area contributed by atoms with Crippen molar-refractivity contribution in [1.82, 2.24) is 4.90 Å². The molecule has 2 unspecified atom stereocenters. The summed E-state index contributed by atoms with van der Waals surface area (Å²) in [5.41, 5.74) is 2.95. The minimum atomic E-state index is 0. The molecule has 1 aliphatic carbocycles. The Labute approximate surface area is 151 Å². The molecular weight excluding hydrogens is 325 g/mol. The molecule has 0 spiro atoms. The lowest BCUT2D eigenvalue weighted by atomic mass is 10.0. The van der Waals surface area contributed by atoms with Crippen molar-refractivity contribution in [3.8, 4) is 0 Å². The van der Waals surface area contributed by atoms with Crippen LogP contribution >= 0.6 is 24.0 Å². The molecule has 3 rings (SSSR count). The van der Waals surface area contributed by atoms with Gasteiger partial charge in [-0.2, -0.15) is 0 Å². The first-order chi connectivity index (χ1) is 10.8. The highest BCUT2D eigenvalue weighted by Gasteiger charge is 2.51. The van der Waals surface area contributed by atoms with Gasteiger partial charge in [0, 0.05) is 19.0 Å². The van der Waals surface area contributed by atoms with Gasteiger partial charge in [0.25, 0.3) is 0 Å². The predicted octanol–water partition coefficient (Wildman–Crippen LogP) is 5.17. The summed E-state index contributed by atoms with van der Waals surface area (Å²) < 4.78 is 0. The molecule has 0 radical (unpaired) electrons. The Bertz CT molecular complexity index is 527. The number of alkyl halides is 1. The Morgan fingerprint density at radius 3 is 1.74 bits per heavy atom. The molecule has 0 saturated heterocycles. The van der Waals surface area contributed by atoms with Crippen molar-refractivity contribution in [3.05, 3.63) is 71.8 Å². The Hall–Kier alpha value is -1.02. The summed E-state index contributed by atoms with van der Waals surface area (Å²) in [5.74, 6) is 2.71. The zero-order chi connectivity index (χ0) is 15.4. The van der Waals surface area contributed by atoms with Gasteiger partial charge in [-0.1, -0.05) is 67.6 Å². The van der Waals surface area contributed by atoms with Gasteiger partial charge in [-0.25, -0.2) is 0 Å². The summed E-state index contributed by atoms with van der Waals surface area (Å²) in [5, 5.41) is 0. The number of hydrogen-bond donors (Lipinski definition) is 0. The van der Waals surface area contributed by atoms with E-state index in [-0.39, 0.29) is 12.4 Å². The molecule has 2 aromatic carbocycles. The van der Waals surface area contributed by atoms with E-state index in [4.69, 9.17) is 11.6 Å². The molecule has 0 amide bonds. The highest BCUT2D eigenvalue weighted by atomic mass is 35.5. The molecule has 1 aliphatic rings. The van der Waals surface area contributed by atoms with Gasteiger partial charge in [-0.15, -0.1) is 24.0 Å². The summed E-state index contributed by atoms with van der Waals surface area (Å²) in [6.45, 7) is 5.43. The predicted molar refractivity (Wildman–Crippen MR) is 102 cm³/mol. The molecule has 124 valence electrons. The Kier molecular flexibility index (Phi) is 6.95. The van der Waals surface area contributed by atoms with E-state index >= 15 is 0 Å². The summed E-state index contributed by atoms with van der Waals surface area (Å²) in [7, 11) is 0. The van der Waals surface area contributed by atoms with Crippen LogP contribution in [0, 0.1) is 5.92 Å². The van der Waals surface area contributed by atoms with E-state index in [1.54, 1.807) is 0 Å². The second-order valence-corrected chi connectivity index (χ2v) is 6.50. The first-order valence-electron chi connectivity index (χ1n) is 8.23. The average molecular weight is 350 g/mol. The van der Waals surface area contributed by atoms with E-state index in [0.717, 1.165) is 19.6 Å². The van der Waals surface area contributed by atoms with Crippen molar-refractivity contribution in [2.24, 2.45) is 5.92 Å². The second-order valence-electron chi connectivity index (χ2n) is 6.12. The summed E-state index contributed by atoms with van der Waals surface area (Å²) >= 11 is 5.94. The van der Waals surface area contributed by atoms with E-state index < -0.39 is 0 Å². The Morgan fingerprint density at radius 1 is 0.870 bits per heavy atom. The average Bonchev–Trinajstić information content (AvgIpc) is 3.30. The van der Waals surface area contributed by atoms with Crippen LogP contribution in [0.2, 0.25) is 0 Å². The molecule has 1 nitrogen and oxygen atoms in total. The van der Waals surface area contributed by atoms with Gasteiger partial charge in [0.05, 0.1) is 0 Å². The third kappa shape index (κ3) is 4.29. The third-order valence-corrected chi connectivity index (χ3v) is 5.02. The van der Waals surface area contributed by atoms with Crippen molar-refractivity contribution in [3.63, 3.8) is 0 Å². The van der Waals surface area contributed by atoms with Crippen LogP contribution in [0.4, 0.5) is 0 Å². The monoisotopic (exact) mass is 349 g/mol. The summed E-state index contributed by atoms with van der Waals surface area (Å²) in [6, 6.07) is 21.9. The number of hydrogen-bond acceptors (Lipinski definition) is 1. The molecule has 1 fully saturated rings. The van der Waals surface area contributed by atoms with Gasteiger partial charge in [0.15, 0.2) is 0 Å². The fourth-order valence-electron chi connectivity index (χ4n) is 3.66. The van der Waals surface area contributed by atoms with Gasteiger partial charge in [0.2, 0.25) is 0 Å². The van der Waals surface area contributed by atoms with Crippen molar-refractivity contribution in [2.75, 3.05) is 25.5 Å². The minimum Gasteiger partial charge on any atom is -0.302 e. The minimum absolute atomic E-state index is 0. The smallest absolute Gasteiger partial charge is 0.0351 e. The maximum atomic E-state index is 5.94. The SMILES string of the molecule is CCN(CCCl)CC1C(c2ccccc2)C1c1ccccc1.Cl. The largest absolute Gasteiger partial charge is 0.302 e. The van der Waals surface area contributed by atoms with Gasteiger partial charge < -0.3 is 4.90 Å². The fourth-order valence-corrected chi connectivity index (χ4v) is 3.90. The quantitative estimate of drug-likeness (QED) is 0.623. The second kappa shape index (κ2) is 8.73. The lowest BCUT2D eigenvalue weighted by Gasteiger charge is -2.19. The summed E-state index contributed by atoms with van der Waals surface area (Å²) in [6.07, 6.45) is 0. The maximum absolute atomic E-state index is 5.94. The molecule has 3 heteroatoms. The Morgan fingerprint density at radius 2 is 1.35 bits per heavy atom. The molecule has 0 heterocycles. The van der Waals surface area contributed by atoms with Crippen LogP contribution < -0.4 is 0 Å². The Balaban J connectivity index is 0.00000192. The van der Waals surface area contributed by atoms with Crippen LogP contribution in [0.1, 0.15) is 29.9 Å². The summed E-state index contributed by atoms with van der Waals surface area (Å²) in [4.78, 5) is 2.48. The van der Waals surface area contributed by atoms with E-state index in [0.29, 0.717) is 23.6 Å². The third-order valence-electron chi connectivity index (χ3n) is 4.85. The van der Waals surface area contributed by atoms with E-state index in [1.807, 2.05) is 0 Å². The van der Waals surface area contributed by atoms with Crippen molar-refractivity contribution >= 4 is 24.0 Å². The lowest BCUT2D eigenvalue weighted by Crippen LogP contribution is -2.28. The normalized spacial score (nSPS) is 22.7. The molecule has 23 heavy (non-hydrogen) atoms. The molecule has 0 N–H and O–H groups in total. The number of benzene rings is 2. The molecule has 0 aliphatic heterocycles. The first-order valence-corrected chi connectivity index (χ1v) is 8.76. The van der Waals surface area contributed by atoms with Crippen LogP contribution in [0.3, 0.4) is 0 Å². The van der Waals surface area contributed by atoms with E-state index in [2.05, 4.69) is 72.5 Å². The van der Waals surface area contributed by atoms with Crippen LogP contribution in [0.25, 0.3) is 0 Å². The van der Waals surface area contributed by atoms with Crippen molar-refractivity contribution in [2.45, 2.75) is 18.8 Å². The topological polar surface area (TPSA) is 3.24 Å². The molecule has 2 aromatic rings. The van der Waals surface area contributed by atoms with E-state index in [1.165, 1.54) is 11.1 Å². The highest BCUT2D eigenvalue weighted by Crippen LogP contribution is 2.60. The van der Waals surface area contributed by atoms with Crippen LogP contribution in [0.5, 0.6) is 0 Å². The molecule has 1 saturated carbocycles.